The van der Waals surface area contributed by atoms with E-state index in [2.05, 4.69) is 10.3 Å². The molecule has 92 valence electrons. The van der Waals surface area contributed by atoms with Crippen molar-refractivity contribution < 1.29 is 9.18 Å². The van der Waals surface area contributed by atoms with Crippen LogP contribution < -0.4 is 5.32 Å². The van der Waals surface area contributed by atoms with Gasteiger partial charge < -0.3 is 5.32 Å². The van der Waals surface area contributed by atoms with Crippen LogP contribution in [0.1, 0.15) is 10.4 Å². The number of benzene rings is 1. The fraction of sp³-hybridized carbons (Fsp3) is 0. The summed E-state index contributed by atoms with van der Waals surface area (Å²) in [4.78, 5) is 15.7. The lowest BCUT2D eigenvalue weighted by atomic mass is 10.2. The average molecular weight is 285 g/mol. The van der Waals surface area contributed by atoms with Crippen LogP contribution >= 0.6 is 23.2 Å². The lowest BCUT2D eigenvalue weighted by Crippen LogP contribution is -2.13. The smallest absolute Gasteiger partial charge is 0.256 e. The SMILES string of the molecule is O=C(Nc1ncc(Cl)cc1Cl)c1cccc(F)c1. The van der Waals surface area contributed by atoms with E-state index in [9.17, 15) is 9.18 Å². The van der Waals surface area contributed by atoms with Crippen molar-refractivity contribution in [1.82, 2.24) is 4.98 Å². The predicted octanol–water partition coefficient (Wildman–Crippen LogP) is 3.78. The Balaban J connectivity index is 2.21. The van der Waals surface area contributed by atoms with Gasteiger partial charge in [0, 0.05) is 11.8 Å². The van der Waals surface area contributed by atoms with Crippen molar-refractivity contribution in [2.75, 3.05) is 5.32 Å². The Bertz CT molecular complexity index is 604. The molecule has 18 heavy (non-hydrogen) atoms. The summed E-state index contributed by atoms with van der Waals surface area (Å²) < 4.78 is 13.0. The molecule has 2 rings (SSSR count). The van der Waals surface area contributed by atoms with Crippen LogP contribution in [0.25, 0.3) is 0 Å². The van der Waals surface area contributed by atoms with E-state index in [0.29, 0.717) is 5.02 Å². The molecule has 1 N–H and O–H groups in total. The van der Waals surface area contributed by atoms with Crippen molar-refractivity contribution in [1.29, 1.82) is 0 Å². The maximum Gasteiger partial charge on any atom is 0.256 e. The number of carbonyl (C=O) groups is 1. The highest BCUT2D eigenvalue weighted by Gasteiger charge is 2.10. The number of aromatic nitrogens is 1. The maximum absolute atomic E-state index is 13.0. The van der Waals surface area contributed by atoms with Crippen LogP contribution in [0, 0.1) is 5.82 Å². The molecule has 0 aliphatic rings. The molecule has 0 fully saturated rings. The Morgan fingerprint density at radius 1 is 1.28 bits per heavy atom. The second-order valence-corrected chi connectivity index (χ2v) is 4.29. The van der Waals surface area contributed by atoms with E-state index in [-0.39, 0.29) is 16.4 Å². The molecule has 1 aromatic carbocycles. The quantitative estimate of drug-likeness (QED) is 0.912. The first kappa shape index (κ1) is 12.8. The van der Waals surface area contributed by atoms with E-state index in [4.69, 9.17) is 23.2 Å². The Labute approximate surface area is 113 Å². The summed E-state index contributed by atoms with van der Waals surface area (Å²) in [6, 6.07) is 6.77. The van der Waals surface area contributed by atoms with Gasteiger partial charge in [0.1, 0.15) is 5.82 Å². The fourth-order valence-corrected chi connectivity index (χ4v) is 1.74. The first-order valence-corrected chi connectivity index (χ1v) is 5.70. The number of halogens is 3. The molecule has 0 unspecified atom stereocenters. The predicted molar refractivity (Wildman–Crippen MR) is 68.6 cm³/mol. The largest absolute Gasteiger partial charge is 0.305 e. The molecular weight excluding hydrogens is 278 g/mol. The summed E-state index contributed by atoms with van der Waals surface area (Å²) in [5, 5.41) is 3.05. The summed E-state index contributed by atoms with van der Waals surface area (Å²) in [7, 11) is 0. The Morgan fingerprint density at radius 2 is 2.06 bits per heavy atom. The van der Waals surface area contributed by atoms with Gasteiger partial charge in [0.15, 0.2) is 5.82 Å². The molecule has 2 aromatic rings. The zero-order valence-electron chi connectivity index (χ0n) is 8.95. The van der Waals surface area contributed by atoms with Gasteiger partial charge in [-0.25, -0.2) is 9.37 Å². The van der Waals surface area contributed by atoms with Gasteiger partial charge >= 0.3 is 0 Å². The average Bonchev–Trinajstić information content (AvgIpc) is 2.32. The fourth-order valence-electron chi connectivity index (χ4n) is 1.32. The van der Waals surface area contributed by atoms with Crippen LogP contribution in [0.15, 0.2) is 36.5 Å². The molecule has 1 heterocycles. The third-order valence-electron chi connectivity index (χ3n) is 2.13. The third kappa shape index (κ3) is 2.97. The lowest BCUT2D eigenvalue weighted by Gasteiger charge is -2.06. The highest BCUT2D eigenvalue weighted by molar-refractivity contribution is 6.36. The normalized spacial score (nSPS) is 10.2. The van der Waals surface area contributed by atoms with Gasteiger partial charge in [-0.1, -0.05) is 29.3 Å². The van der Waals surface area contributed by atoms with Crippen molar-refractivity contribution >= 4 is 34.9 Å². The highest BCUT2D eigenvalue weighted by Crippen LogP contribution is 2.23. The molecule has 0 spiro atoms. The Kier molecular flexibility index (Phi) is 3.79. The minimum absolute atomic E-state index is 0.176. The van der Waals surface area contributed by atoms with Gasteiger partial charge in [0.2, 0.25) is 0 Å². The van der Waals surface area contributed by atoms with Crippen molar-refractivity contribution in [2.45, 2.75) is 0 Å². The number of rotatable bonds is 2. The van der Waals surface area contributed by atoms with Crippen LogP contribution in [0.5, 0.6) is 0 Å². The highest BCUT2D eigenvalue weighted by atomic mass is 35.5. The summed E-state index contributed by atoms with van der Waals surface area (Å²) in [6.45, 7) is 0. The van der Waals surface area contributed by atoms with E-state index in [1.165, 1.54) is 30.5 Å². The van der Waals surface area contributed by atoms with E-state index in [1.54, 1.807) is 0 Å². The van der Waals surface area contributed by atoms with Crippen LogP contribution in [0.4, 0.5) is 10.2 Å². The second kappa shape index (κ2) is 5.33. The van der Waals surface area contributed by atoms with Gasteiger partial charge in [-0.15, -0.1) is 0 Å². The molecule has 0 radical (unpaired) electrons. The van der Waals surface area contributed by atoms with Crippen molar-refractivity contribution in [3.63, 3.8) is 0 Å². The molecule has 6 heteroatoms. The second-order valence-electron chi connectivity index (χ2n) is 3.45. The van der Waals surface area contributed by atoms with Gasteiger partial charge in [0.25, 0.3) is 5.91 Å². The number of anilines is 1. The van der Waals surface area contributed by atoms with Crippen molar-refractivity contribution in [2.24, 2.45) is 0 Å². The minimum Gasteiger partial charge on any atom is -0.305 e. The zero-order chi connectivity index (χ0) is 13.1. The number of nitrogens with one attached hydrogen (secondary N) is 1. The minimum atomic E-state index is -0.494. The van der Waals surface area contributed by atoms with E-state index in [1.807, 2.05) is 0 Å². The number of amides is 1. The molecule has 0 aliphatic carbocycles. The van der Waals surface area contributed by atoms with E-state index in [0.717, 1.165) is 6.07 Å². The van der Waals surface area contributed by atoms with Crippen LogP contribution in [-0.2, 0) is 0 Å². The standard InChI is InChI=1S/C12H7Cl2FN2O/c13-8-5-10(14)11(16-6-8)17-12(18)7-2-1-3-9(15)4-7/h1-6H,(H,16,17,18). The monoisotopic (exact) mass is 284 g/mol. The summed E-state index contributed by atoms with van der Waals surface area (Å²) in [5.74, 6) is -0.806. The molecule has 0 saturated carbocycles. The van der Waals surface area contributed by atoms with Gasteiger partial charge in [-0.3, -0.25) is 4.79 Å². The van der Waals surface area contributed by atoms with Crippen LogP contribution in [0.2, 0.25) is 10.0 Å². The zero-order valence-corrected chi connectivity index (χ0v) is 10.5. The number of pyridine rings is 1. The topological polar surface area (TPSA) is 42.0 Å². The summed E-state index contributed by atoms with van der Waals surface area (Å²) in [5.41, 5.74) is 0.183. The van der Waals surface area contributed by atoms with Crippen molar-refractivity contribution in [3.05, 3.63) is 58.0 Å². The molecular formula is C12H7Cl2FN2O. The molecule has 1 aromatic heterocycles. The molecule has 1 amide bonds. The number of hydrogen-bond donors (Lipinski definition) is 1. The lowest BCUT2D eigenvalue weighted by molar-refractivity contribution is 0.102. The Morgan fingerprint density at radius 3 is 2.72 bits per heavy atom. The first-order valence-electron chi connectivity index (χ1n) is 4.94. The maximum atomic E-state index is 13.0. The molecule has 3 nitrogen and oxygen atoms in total. The molecule has 0 aliphatic heterocycles. The van der Waals surface area contributed by atoms with Gasteiger partial charge in [0.05, 0.1) is 10.0 Å². The first-order chi connectivity index (χ1) is 8.56. The van der Waals surface area contributed by atoms with E-state index < -0.39 is 11.7 Å². The van der Waals surface area contributed by atoms with Gasteiger partial charge in [-0.2, -0.15) is 0 Å². The summed E-state index contributed by atoms with van der Waals surface area (Å²) >= 11 is 11.5. The Hall–Kier alpha value is -1.65. The number of carbonyl (C=O) groups excluding carboxylic acids is 1. The number of nitrogens with zero attached hydrogens (tertiary/aromatic N) is 1. The molecule has 0 bridgehead atoms. The number of hydrogen-bond acceptors (Lipinski definition) is 2. The van der Waals surface area contributed by atoms with Crippen molar-refractivity contribution in [3.8, 4) is 0 Å². The van der Waals surface area contributed by atoms with Crippen LogP contribution in [-0.4, -0.2) is 10.9 Å². The molecule has 0 atom stereocenters. The van der Waals surface area contributed by atoms with E-state index >= 15 is 0 Å². The van der Waals surface area contributed by atoms with Crippen LogP contribution in [0.3, 0.4) is 0 Å². The molecule has 0 saturated heterocycles. The van der Waals surface area contributed by atoms with Gasteiger partial charge in [-0.05, 0) is 24.3 Å². The third-order valence-corrected chi connectivity index (χ3v) is 2.62. The summed E-state index contributed by atoms with van der Waals surface area (Å²) in [6.07, 6.45) is 1.36.